The van der Waals surface area contributed by atoms with E-state index in [1.807, 2.05) is 0 Å². The number of carboxylic acids is 1. The average Bonchev–Trinajstić information content (AvgIpc) is 2.80. The van der Waals surface area contributed by atoms with E-state index in [-0.39, 0.29) is 10.9 Å². The van der Waals surface area contributed by atoms with Crippen LogP contribution in [-0.2, 0) is 14.8 Å². The standard InChI is InChI=1S/C12H13Br2NO4S/c13-8-2-4-10(14)11(6-8)20(18,19)15-9-3-1-7(5-9)12(16)17/h2,4,6-7,9,15H,1,3,5H2,(H,16,17). The van der Waals surface area contributed by atoms with Crippen LogP contribution >= 0.6 is 31.9 Å². The maximum Gasteiger partial charge on any atom is 0.306 e. The van der Waals surface area contributed by atoms with Gasteiger partial charge in [-0.1, -0.05) is 15.9 Å². The van der Waals surface area contributed by atoms with Crippen molar-refractivity contribution in [3.63, 3.8) is 0 Å². The molecule has 1 aromatic carbocycles. The van der Waals surface area contributed by atoms with Crippen molar-refractivity contribution in [3.8, 4) is 0 Å². The van der Waals surface area contributed by atoms with E-state index in [1.54, 1.807) is 12.1 Å². The van der Waals surface area contributed by atoms with E-state index in [9.17, 15) is 13.2 Å². The fourth-order valence-electron chi connectivity index (χ4n) is 2.28. The third kappa shape index (κ3) is 3.60. The molecule has 0 saturated heterocycles. The molecule has 0 aromatic heterocycles. The zero-order valence-electron chi connectivity index (χ0n) is 10.3. The Morgan fingerprint density at radius 2 is 2.00 bits per heavy atom. The van der Waals surface area contributed by atoms with Gasteiger partial charge >= 0.3 is 5.97 Å². The van der Waals surface area contributed by atoms with Gasteiger partial charge in [-0.3, -0.25) is 4.79 Å². The van der Waals surface area contributed by atoms with Crippen molar-refractivity contribution in [2.24, 2.45) is 5.92 Å². The van der Waals surface area contributed by atoms with Gasteiger partial charge in [-0.15, -0.1) is 0 Å². The summed E-state index contributed by atoms with van der Waals surface area (Å²) in [5, 5.41) is 8.94. The molecule has 1 saturated carbocycles. The maximum absolute atomic E-state index is 12.3. The van der Waals surface area contributed by atoms with Crippen LogP contribution in [0.15, 0.2) is 32.0 Å². The summed E-state index contributed by atoms with van der Waals surface area (Å²) >= 11 is 6.46. The molecule has 0 heterocycles. The molecule has 2 rings (SSSR count). The third-order valence-corrected chi connectivity index (χ3v) is 6.29. The molecule has 8 heteroatoms. The Bertz CT molecular complexity index is 632. The van der Waals surface area contributed by atoms with Gasteiger partial charge in [0.05, 0.1) is 10.8 Å². The first kappa shape index (κ1) is 15.9. The molecule has 1 fully saturated rings. The zero-order chi connectivity index (χ0) is 14.9. The summed E-state index contributed by atoms with van der Waals surface area (Å²) in [4.78, 5) is 11.0. The van der Waals surface area contributed by atoms with Crippen molar-refractivity contribution in [2.45, 2.75) is 30.2 Å². The van der Waals surface area contributed by atoms with Gasteiger partial charge in [0.2, 0.25) is 10.0 Å². The first-order valence-corrected chi connectivity index (χ1v) is 9.06. The summed E-state index contributed by atoms with van der Waals surface area (Å²) in [5.74, 6) is -1.33. The molecule has 0 radical (unpaired) electrons. The number of carbonyl (C=O) groups is 1. The van der Waals surface area contributed by atoms with Crippen molar-refractivity contribution in [1.29, 1.82) is 0 Å². The minimum Gasteiger partial charge on any atom is -0.481 e. The molecule has 0 amide bonds. The lowest BCUT2D eigenvalue weighted by Crippen LogP contribution is -2.33. The molecule has 2 atom stereocenters. The third-order valence-electron chi connectivity index (χ3n) is 3.29. The predicted molar refractivity (Wildman–Crippen MR) is 80.9 cm³/mol. The minimum atomic E-state index is -3.67. The highest BCUT2D eigenvalue weighted by atomic mass is 79.9. The zero-order valence-corrected chi connectivity index (χ0v) is 14.3. The summed E-state index contributed by atoms with van der Waals surface area (Å²) < 4.78 is 28.4. The average molecular weight is 427 g/mol. The summed E-state index contributed by atoms with van der Waals surface area (Å²) in [6, 6.07) is 4.56. The number of rotatable bonds is 4. The van der Waals surface area contributed by atoms with Gasteiger partial charge in [0, 0.05) is 15.0 Å². The number of carboxylic acid groups (broad SMARTS) is 1. The Labute approximate surface area is 134 Å². The van der Waals surface area contributed by atoms with E-state index >= 15 is 0 Å². The molecule has 0 aliphatic heterocycles. The summed E-state index contributed by atoms with van der Waals surface area (Å²) in [6.45, 7) is 0. The summed E-state index contributed by atoms with van der Waals surface area (Å²) in [6.07, 6.45) is 1.38. The number of sulfonamides is 1. The van der Waals surface area contributed by atoms with E-state index in [4.69, 9.17) is 5.11 Å². The van der Waals surface area contributed by atoms with Crippen LogP contribution in [0, 0.1) is 5.92 Å². The van der Waals surface area contributed by atoms with Crippen molar-refractivity contribution in [2.75, 3.05) is 0 Å². The molecule has 1 aliphatic carbocycles. The van der Waals surface area contributed by atoms with Crippen LogP contribution in [0.1, 0.15) is 19.3 Å². The van der Waals surface area contributed by atoms with Crippen molar-refractivity contribution >= 4 is 47.9 Å². The Hall–Kier alpha value is -0.440. The van der Waals surface area contributed by atoms with E-state index in [1.165, 1.54) is 6.07 Å². The van der Waals surface area contributed by atoms with Crippen LogP contribution in [0.5, 0.6) is 0 Å². The second-order valence-electron chi connectivity index (χ2n) is 4.74. The first-order valence-electron chi connectivity index (χ1n) is 6.00. The van der Waals surface area contributed by atoms with Gasteiger partial charge in [0.15, 0.2) is 0 Å². The molecular formula is C12H13Br2NO4S. The summed E-state index contributed by atoms with van der Waals surface area (Å²) in [5.41, 5.74) is 0. The quantitative estimate of drug-likeness (QED) is 0.775. The number of nitrogens with one attached hydrogen (secondary N) is 1. The van der Waals surface area contributed by atoms with Crippen LogP contribution in [0.2, 0.25) is 0 Å². The maximum atomic E-state index is 12.3. The molecule has 0 bridgehead atoms. The van der Waals surface area contributed by atoms with E-state index in [0.717, 1.165) is 0 Å². The lowest BCUT2D eigenvalue weighted by Gasteiger charge is -2.14. The van der Waals surface area contributed by atoms with Gasteiger partial charge in [0.25, 0.3) is 0 Å². The fourth-order valence-corrected chi connectivity index (χ4v) is 5.06. The SMILES string of the molecule is O=C(O)C1CCC(NS(=O)(=O)c2cc(Br)ccc2Br)C1. The number of hydrogen-bond donors (Lipinski definition) is 2. The summed E-state index contributed by atoms with van der Waals surface area (Å²) in [7, 11) is -3.67. The monoisotopic (exact) mass is 425 g/mol. The normalized spacial score (nSPS) is 22.9. The van der Waals surface area contributed by atoms with Gasteiger partial charge in [-0.2, -0.15) is 0 Å². The van der Waals surface area contributed by atoms with E-state index in [0.29, 0.717) is 28.2 Å². The number of hydrogen-bond acceptors (Lipinski definition) is 3. The second kappa shape index (κ2) is 6.13. The molecule has 110 valence electrons. The van der Waals surface area contributed by atoms with Crippen LogP contribution in [0.4, 0.5) is 0 Å². The molecule has 1 aromatic rings. The van der Waals surface area contributed by atoms with Crippen LogP contribution in [-0.4, -0.2) is 25.5 Å². The topological polar surface area (TPSA) is 83.5 Å². The lowest BCUT2D eigenvalue weighted by molar-refractivity contribution is -0.141. The lowest BCUT2D eigenvalue weighted by atomic mass is 10.1. The van der Waals surface area contributed by atoms with Crippen LogP contribution < -0.4 is 4.72 Å². The molecule has 5 nitrogen and oxygen atoms in total. The number of aliphatic carboxylic acids is 1. The molecule has 1 aliphatic rings. The van der Waals surface area contributed by atoms with Crippen LogP contribution in [0.25, 0.3) is 0 Å². The molecule has 0 spiro atoms. The minimum absolute atomic E-state index is 0.144. The number of benzene rings is 1. The first-order chi connectivity index (χ1) is 9.29. The largest absolute Gasteiger partial charge is 0.481 e. The molecular weight excluding hydrogens is 414 g/mol. The Kier molecular flexibility index (Phi) is 4.88. The second-order valence-corrected chi connectivity index (χ2v) is 8.19. The molecule has 2 unspecified atom stereocenters. The Balaban J connectivity index is 2.16. The van der Waals surface area contributed by atoms with Crippen molar-refractivity contribution in [1.82, 2.24) is 4.72 Å². The van der Waals surface area contributed by atoms with E-state index in [2.05, 4.69) is 36.6 Å². The predicted octanol–water partition coefficient (Wildman–Crippen LogP) is 2.74. The Morgan fingerprint density at radius 1 is 1.30 bits per heavy atom. The smallest absolute Gasteiger partial charge is 0.306 e. The highest BCUT2D eigenvalue weighted by molar-refractivity contribution is 9.11. The van der Waals surface area contributed by atoms with Crippen molar-refractivity contribution in [3.05, 3.63) is 27.1 Å². The fraction of sp³-hybridized carbons (Fsp3) is 0.417. The van der Waals surface area contributed by atoms with Crippen molar-refractivity contribution < 1.29 is 18.3 Å². The highest BCUT2D eigenvalue weighted by Gasteiger charge is 2.33. The van der Waals surface area contributed by atoms with Gasteiger partial charge in [-0.25, -0.2) is 13.1 Å². The van der Waals surface area contributed by atoms with Gasteiger partial charge < -0.3 is 5.11 Å². The molecule has 20 heavy (non-hydrogen) atoms. The van der Waals surface area contributed by atoms with Gasteiger partial charge in [0.1, 0.15) is 0 Å². The number of halogens is 2. The van der Waals surface area contributed by atoms with Crippen LogP contribution in [0.3, 0.4) is 0 Å². The highest BCUT2D eigenvalue weighted by Crippen LogP contribution is 2.29. The molecule has 2 N–H and O–H groups in total. The van der Waals surface area contributed by atoms with Gasteiger partial charge in [-0.05, 0) is 53.4 Å². The van der Waals surface area contributed by atoms with E-state index < -0.39 is 21.9 Å². The Morgan fingerprint density at radius 3 is 2.60 bits per heavy atom.